The van der Waals surface area contributed by atoms with Crippen LogP contribution < -0.4 is 11.0 Å². The third-order valence-corrected chi connectivity index (χ3v) is 3.23. The summed E-state index contributed by atoms with van der Waals surface area (Å²) < 4.78 is 0. The summed E-state index contributed by atoms with van der Waals surface area (Å²) in [6, 6.07) is 7.35. The van der Waals surface area contributed by atoms with E-state index in [-0.39, 0.29) is 22.4 Å². The summed E-state index contributed by atoms with van der Waals surface area (Å²) in [5.41, 5.74) is -0.0412. The molecule has 0 radical (unpaired) electrons. The van der Waals surface area contributed by atoms with Crippen molar-refractivity contribution in [3.8, 4) is 17.0 Å². The van der Waals surface area contributed by atoms with Gasteiger partial charge in [-0.25, -0.2) is 0 Å². The molecule has 0 saturated carbocycles. The summed E-state index contributed by atoms with van der Waals surface area (Å²) in [5, 5.41) is 11.2. The van der Waals surface area contributed by atoms with E-state index >= 15 is 0 Å². The maximum Gasteiger partial charge on any atom is 0.261 e. The molecular weight excluding hydrogens is 280 g/mol. The summed E-state index contributed by atoms with van der Waals surface area (Å²) in [6.45, 7) is 0. The molecule has 0 unspecified atom stereocenters. The van der Waals surface area contributed by atoms with Crippen LogP contribution in [-0.4, -0.2) is 15.1 Å². The number of hydrogen-bond acceptors (Lipinski definition) is 3. The highest BCUT2D eigenvalue weighted by Crippen LogP contribution is 2.31. The third kappa shape index (κ3) is 1.98. The second-order valence-corrected chi connectivity index (χ2v) is 4.74. The summed E-state index contributed by atoms with van der Waals surface area (Å²) >= 11 is 5.85. The van der Waals surface area contributed by atoms with E-state index in [9.17, 15) is 14.7 Å². The van der Waals surface area contributed by atoms with Crippen LogP contribution in [0.2, 0.25) is 5.02 Å². The number of pyridine rings is 2. The fraction of sp³-hybridized carbons (Fsp3) is 0. The molecule has 0 amide bonds. The van der Waals surface area contributed by atoms with Gasteiger partial charge in [0.15, 0.2) is 5.43 Å². The molecule has 5 nitrogen and oxygen atoms in total. The van der Waals surface area contributed by atoms with Crippen LogP contribution in [0.1, 0.15) is 0 Å². The van der Waals surface area contributed by atoms with Crippen LogP contribution in [0, 0.1) is 0 Å². The Balaban J connectivity index is 2.40. The molecule has 0 atom stereocenters. The second kappa shape index (κ2) is 4.54. The Morgan fingerprint density at radius 2 is 1.90 bits per heavy atom. The van der Waals surface area contributed by atoms with Crippen molar-refractivity contribution < 1.29 is 5.11 Å². The van der Waals surface area contributed by atoms with E-state index in [2.05, 4.69) is 9.97 Å². The van der Waals surface area contributed by atoms with Crippen molar-refractivity contribution in [3.05, 3.63) is 62.1 Å². The number of halogens is 1. The Morgan fingerprint density at radius 3 is 2.65 bits per heavy atom. The van der Waals surface area contributed by atoms with Crippen molar-refractivity contribution in [1.82, 2.24) is 9.97 Å². The standard InChI is InChI=1S/C14H9ClN2O3/c15-7-1-2-9-10(5-7)17-14(20)12(13(9)19)11-6-8(18)3-4-16-11/h1-6H,(H,16,18)(H2,17,19,20). The second-order valence-electron chi connectivity index (χ2n) is 4.31. The predicted molar refractivity (Wildman–Crippen MR) is 77.3 cm³/mol. The van der Waals surface area contributed by atoms with Crippen molar-refractivity contribution in [1.29, 1.82) is 0 Å². The molecule has 0 fully saturated rings. The van der Waals surface area contributed by atoms with Crippen LogP contribution in [0.3, 0.4) is 0 Å². The first kappa shape index (κ1) is 12.5. The first-order chi connectivity index (χ1) is 9.56. The fourth-order valence-electron chi connectivity index (χ4n) is 2.09. The Morgan fingerprint density at radius 1 is 1.10 bits per heavy atom. The Kier molecular flexibility index (Phi) is 2.84. The average molecular weight is 289 g/mol. The van der Waals surface area contributed by atoms with Gasteiger partial charge in [-0.15, -0.1) is 0 Å². The van der Waals surface area contributed by atoms with Crippen LogP contribution in [0.4, 0.5) is 0 Å². The van der Waals surface area contributed by atoms with Crippen LogP contribution in [-0.2, 0) is 0 Å². The van der Waals surface area contributed by atoms with E-state index in [4.69, 9.17) is 11.6 Å². The van der Waals surface area contributed by atoms with E-state index in [1.165, 1.54) is 18.3 Å². The lowest BCUT2D eigenvalue weighted by Crippen LogP contribution is -2.11. The molecule has 100 valence electrons. The minimum absolute atomic E-state index is 0.0255. The number of nitrogens with one attached hydrogen (secondary N) is 2. The molecule has 0 spiro atoms. The molecular formula is C14H9ClN2O3. The van der Waals surface area contributed by atoms with Gasteiger partial charge in [0.1, 0.15) is 11.3 Å². The Bertz CT molecular complexity index is 928. The number of aromatic hydroxyl groups is 1. The first-order valence-electron chi connectivity index (χ1n) is 5.80. The molecule has 20 heavy (non-hydrogen) atoms. The SMILES string of the molecule is O=c1cc[nH]c(-c2c(O)c3ccc(Cl)cc3[nH]c2=O)c1. The molecule has 0 aliphatic rings. The van der Waals surface area contributed by atoms with Crippen LogP contribution in [0.25, 0.3) is 22.2 Å². The van der Waals surface area contributed by atoms with Gasteiger partial charge in [-0.05, 0) is 18.2 Å². The molecule has 1 aromatic carbocycles. The molecule has 0 bridgehead atoms. The normalized spacial score (nSPS) is 10.8. The summed E-state index contributed by atoms with van der Waals surface area (Å²) in [6.07, 6.45) is 1.42. The van der Waals surface area contributed by atoms with E-state index in [0.29, 0.717) is 15.9 Å². The van der Waals surface area contributed by atoms with Gasteiger partial charge in [-0.3, -0.25) is 9.59 Å². The summed E-state index contributed by atoms with van der Waals surface area (Å²) in [4.78, 5) is 28.9. The van der Waals surface area contributed by atoms with Gasteiger partial charge >= 0.3 is 0 Å². The van der Waals surface area contributed by atoms with Gasteiger partial charge in [-0.2, -0.15) is 0 Å². The molecule has 3 rings (SSSR count). The van der Waals surface area contributed by atoms with Gasteiger partial charge in [0, 0.05) is 28.7 Å². The highest BCUT2D eigenvalue weighted by atomic mass is 35.5. The molecule has 6 heteroatoms. The number of rotatable bonds is 1. The highest BCUT2D eigenvalue weighted by Gasteiger charge is 2.14. The molecule has 0 aliphatic heterocycles. The number of fused-ring (bicyclic) bond motifs is 1. The van der Waals surface area contributed by atoms with Gasteiger partial charge < -0.3 is 15.1 Å². The maximum atomic E-state index is 12.1. The number of aromatic nitrogens is 2. The number of aromatic amines is 2. The van der Waals surface area contributed by atoms with Crippen LogP contribution >= 0.6 is 11.6 Å². The molecule has 3 N–H and O–H groups in total. The maximum absolute atomic E-state index is 12.1. The van der Waals surface area contributed by atoms with Crippen molar-refractivity contribution in [2.45, 2.75) is 0 Å². The number of benzene rings is 1. The Hall–Kier alpha value is -2.53. The van der Waals surface area contributed by atoms with Gasteiger partial charge in [-0.1, -0.05) is 11.6 Å². The van der Waals surface area contributed by atoms with Gasteiger partial charge in [0.2, 0.25) is 0 Å². The summed E-state index contributed by atoms with van der Waals surface area (Å²) in [5.74, 6) is -0.192. The van der Waals surface area contributed by atoms with Crippen molar-refractivity contribution in [3.63, 3.8) is 0 Å². The van der Waals surface area contributed by atoms with E-state index in [1.54, 1.807) is 18.2 Å². The minimum Gasteiger partial charge on any atom is -0.506 e. The van der Waals surface area contributed by atoms with Gasteiger partial charge in [0.05, 0.1) is 11.2 Å². The molecule has 0 saturated heterocycles. The quantitative estimate of drug-likeness (QED) is 0.642. The lowest BCUT2D eigenvalue weighted by molar-refractivity contribution is 0.482. The van der Waals surface area contributed by atoms with E-state index in [0.717, 1.165) is 0 Å². The minimum atomic E-state index is -0.501. The zero-order valence-electron chi connectivity index (χ0n) is 10.1. The lowest BCUT2D eigenvalue weighted by Gasteiger charge is -2.07. The lowest BCUT2D eigenvalue weighted by atomic mass is 10.1. The number of H-pyrrole nitrogens is 2. The molecule has 2 aromatic heterocycles. The zero-order valence-corrected chi connectivity index (χ0v) is 10.9. The molecule has 2 heterocycles. The highest BCUT2D eigenvalue weighted by molar-refractivity contribution is 6.31. The van der Waals surface area contributed by atoms with Crippen molar-refractivity contribution in [2.75, 3.05) is 0 Å². The van der Waals surface area contributed by atoms with Crippen LogP contribution in [0.5, 0.6) is 5.75 Å². The van der Waals surface area contributed by atoms with E-state index < -0.39 is 5.56 Å². The fourth-order valence-corrected chi connectivity index (χ4v) is 2.27. The molecule has 0 aliphatic carbocycles. The predicted octanol–water partition coefficient (Wildman–Crippen LogP) is 2.24. The largest absolute Gasteiger partial charge is 0.506 e. The van der Waals surface area contributed by atoms with Crippen LogP contribution in [0.15, 0.2) is 46.1 Å². The molecule has 3 aromatic rings. The third-order valence-electron chi connectivity index (χ3n) is 2.99. The van der Waals surface area contributed by atoms with Gasteiger partial charge in [0.25, 0.3) is 5.56 Å². The smallest absolute Gasteiger partial charge is 0.261 e. The zero-order chi connectivity index (χ0) is 14.3. The first-order valence-corrected chi connectivity index (χ1v) is 6.17. The average Bonchev–Trinajstić information content (AvgIpc) is 2.38. The topological polar surface area (TPSA) is 85.9 Å². The monoisotopic (exact) mass is 288 g/mol. The Labute approximate surface area is 117 Å². The summed E-state index contributed by atoms with van der Waals surface area (Å²) in [7, 11) is 0. The van der Waals surface area contributed by atoms with Crippen molar-refractivity contribution >= 4 is 22.5 Å². The van der Waals surface area contributed by atoms with E-state index in [1.807, 2.05) is 0 Å². The van der Waals surface area contributed by atoms with Crippen molar-refractivity contribution in [2.24, 2.45) is 0 Å². The number of hydrogen-bond donors (Lipinski definition) is 3.